The third kappa shape index (κ3) is 4.95. The average molecular weight is 252 g/mol. The summed E-state index contributed by atoms with van der Waals surface area (Å²) < 4.78 is 12.0. The summed E-state index contributed by atoms with van der Waals surface area (Å²) in [5.74, 6) is -0.655. The highest BCUT2D eigenvalue weighted by molar-refractivity contribution is 5.87. The lowest BCUT2D eigenvalue weighted by atomic mass is 10.1. The molecule has 18 heavy (non-hydrogen) atoms. The van der Waals surface area contributed by atoms with Crippen LogP contribution >= 0.6 is 0 Å². The van der Waals surface area contributed by atoms with E-state index in [1.165, 1.54) is 6.92 Å². The highest BCUT2D eigenvalue weighted by atomic mass is 19.1. The quantitative estimate of drug-likeness (QED) is 0.787. The molecule has 1 atom stereocenters. The number of hydrogen-bond acceptors (Lipinski definition) is 2. The second kappa shape index (κ2) is 7.42. The smallest absolute Gasteiger partial charge is 0.243 e. The molecule has 0 aliphatic carbocycles. The van der Waals surface area contributed by atoms with Crippen LogP contribution in [-0.2, 0) is 16.0 Å². The number of carbonyl (C=O) groups excluding carboxylic acids is 2. The van der Waals surface area contributed by atoms with E-state index in [4.69, 9.17) is 0 Å². The third-order valence-corrected chi connectivity index (χ3v) is 2.37. The van der Waals surface area contributed by atoms with E-state index >= 15 is 0 Å². The molecule has 98 valence electrons. The summed E-state index contributed by atoms with van der Waals surface area (Å²) >= 11 is 0. The van der Waals surface area contributed by atoms with Gasteiger partial charge < -0.3 is 10.6 Å². The number of amides is 2. The fourth-order valence-electron chi connectivity index (χ4n) is 1.60. The summed E-state index contributed by atoms with van der Waals surface area (Å²) in [4.78, 5) is 22.8. The van der Waals surface area contributed by atoms with E-state index in [-0.39, 0.29) is 18.4 Å². The van der Waals surface area contributed by atoms with Crippen LogP contribution in [0.5, 0.6) is 0 Å². The van der Waals surface area contributed by atoms with Gasteiger partial charge in [0.1, 0.15) is 12.7 Å². The molecule has 0 radical (unpaired) electrons. The van der Waals surface area contributed by atoms with E-state index in [1.54, 1.807) is 0 Å². The molecule has 0 aliphatic rings. The van der Waals surface area contributed by atoms with Crippen LogP contribution in [-0.4, -0.2) is 31.1 Å². The van der Waals surface area contributed by atoms with Gasteiger partial charge in [-0.15, -0.1) is 0 Å². The molecule has 0 bridgehead atoms. The molecule has 0 unspecified atom stereocenters. The Morgan fingerprint density at radius 1 is 1.28 bits per heavy atom. The first-order valence-electron chi connectivity index (χ1n) is 5.78. The number of halogens is 1. The molecule has 4 nitrogen and oxygen atoms in total. The van der Waals surface area contributed by atoms with Crippen molar-refractivity contribution in [1.29, 1.82) is 0 Å². The van der Waals surface area contributed by atoms with Crippen molar-refractivity contribution in [3.63, 3.8) is 0 Å². The Labute approximate surface area is 106 Å². The monoisotopic (exact) mass is 252 g/mol. The first-order valence-corrected chi connectivity index (χ1v) is 5.78. The van der Waals surface area contributed by atoms with Crippen molar-refractivity contribution in [2.75, 3.05) is 13.2 Å². The highest BCUT2D eigenvalue weighted by Crippen LogP contribution is 2.03. The predicted octanol–water partition coefficient (Wildman–Crippen LogP) is 0.819. The first kappa shape index (κ1) is 14.2. The molecule has 1 aromatic rings. The standard InChI is InChI=1S/C13H17FN2O2/c1-10(17)16-12(13(18)15-8-7-14)9-11-5-3-2-4-6-11/h2-6,12H,7-9H2,1H3,(H,15,18)(H,16,17)/t12-/m0/s1. The minimum Gasteiger partial charge on any atom is -0.352 e. The average Bonchev–Trinajstić information content (AvgIpc) is 2.36. The van der Waals surface area contributed by atoms with Gasteiger partial charge in [0.2, 0.25) is 11.8 Å². The molecule has 5 heteroatoms. The maximum absolute atomic E-state index is 12.0. The van der Waals surface area contributed by atoms with E-state index in [0.717, 1.165) is 5.56 Å². The van der Waals surface area contributed by atoms with E-state index in [9.17, 15) is 14.0 Å². The molecule has 1 rings (SSSR count). The van der Waals surface area contributed by atoms with Gasteiger partial charge in [0, 0.05) is 19.9 Å². The van der Waals surface area contributed by atoms with Crippen molar-refractivity contribution in [2.24, 2.45) is 0 Å². The van der Waals surface area contributed by atoms with Crippen LogP contribution in [0, 0.1) is 0 Å². The second-order valence-electron chi connectivity index (χ2n) is 3.92. The number of carbonyl (C=O) groups is 2. The molecule has 0 spiro atoms. The molecular formula is C13H17FN2O2. The zero-order chi connectivity index (χ0) is 13.4. The number of nitrogens with one attached hydrogen (secondary N) is 2. The lowest BCUT2D eigenvalue weighted by Crippen LogP contribution is -2.47. The maximum Gasteiger partial charge on any atom is 0.243 e. The SMILES string of the molecule is CC(=O)N[C@@H](Cc1ccccc1)C(=O)NCCF. The summed E-state index contributed by atoms with van der Waals surface area (Å²) in [6.45, 7) is 0.688. The van der Waals surface area contributed by atoms with Crippen LogP contribution in [0.1, 0.15) is 12.5 Å². The predicted molar refractivity (Wildman–Crippen MR) is 66.7 cm³/mol. The van der Waals surface area contributed by atoms with Gasteiger partial charge in [0.05, 0.1) is 0 Å². The molecular weight excluding hydrogens is 235 g/mol. The van der Waals surface area contributed by atoms with Crippen molar-refractivity contribution >= 4 is 11.8 Å². The molecule has 0 heterocycles. The maximum atomic E-state index is 12.0. The summed E-state index contributed by atoms with van der Waals surface area (Å²) in [7, 11) is 0. The second-order valence-corrected chi connectivity index (χ2v) is 3.92. The Bertz CT molecular complexity index is 395. The van der Waals surface area contributed by atoms with E-state index in [2.05, 4.69) is 10.6 Å². The van der Waals surface area contributed by atoms with E-state index in [0.29, 0.717) is 6.42 Å². The minimum atomic E-state index is -0.670. The first-order chi connectivity index (χ1) is 8.63. The zero-order valence-electron chi connectivity index (χ0n) is 10.3. The molecule has 0 saturated heterocycles. The lowest BCUT2D eigenvalue weighted by molar-refractivity contribution is -0.128. The molecule has 0 aliphatic heterocycles. The van der Waals surface area contributed by atoms with Crippen LogP contribution in [0.2, 0.25) is 0 Å². The van der Waals surface area contributed by atoms with Crippen LogP contribution in [0.4, 0.5) is 4.39 Å². The third-order valence-electron chi connectivity index (χ3n) is 2.37. The Kier molecular flexibility index (Phi) is 5.84. The van der Waals surface area contributed by atoms with Gasteiger partial charge in [0.25, 0.3) is 0 Å². The van der Waals surface area contributed by atoms with Gasteiger partial charge in [-0.2, -0.15) is 0 Å². The topological polar surface area (TPSA) is 58.2 Å². The van der Waals surface area contributed by atoms with Crippen molar-refractivity contribution in [3.05, 3.63) is 35.9 Å². The number of alkyl halides is 1. The van der Waals surface area contributed by atoms with Gasteiger partial charge in [-0.1, -0.05) is 30.3 Å². The van der Waals surface area contributed by atoms with Gasteiger partial charge in [-0.3, -0.25) is 9.59 Å². The lowest BCUT2D eigenvalue weighted by Gasteiger charge is -2.17. The Hall–Kier alpha value is -1.91. The minimum absolute atomic E-state index is 0.0380. The van der Waals surface area contributed by atoms with Crippen LogP contribution in [0.3, 0.4) is 0 Å². The van der Waals surface area contributed by atoms with E-state index in [1.807, 2.05) is 30.3 Å². The fraction of sp³-hybridized carbons (Fsp3) is 0.385. The van der Waals surface area contributed by atoms with Crippen molar-refractivity contribution in [1.82, 2.24) is 10.6 Å². The number of rotatable bonds is 6. The number of benzene rings is 1. The van der Waals surface area contributed by atoms with Gasteiger partial charge in [0.15, 0.2) is 0 Å². The number of hydrogen-bond donors (Lipinski definition) is 2. The van der Waals surface area contributed by atoms with Crippen molar-refractivity contribution in [3.8, 4) is 0 Å². The molecule has 2 N–H and O–H groups in total. The summed E-state index contributed by atoms with van der Waals surface area (Å²) in [5.41, 5.74) is 0.937. The van der Waals surface area contributed by atoms with Crippen molar-refractivity contribution < 1.29 is 14.0 Å². The van der Waals surface area contributed by atoms with Gasteiger partial charge >= 0.3 is 0 Å². The molecule has 0 aromatic heterocycles. The highest BCUT2D eigenvalue weighted by Gasteiger charge is 2.19. The molecule has 1 aromatic carbocycles. The summed E-state index contributed by atoms with van der Waals surface area (Å²) in [6, 6.07) is 8.67. The van der Waals surface area contributed by atoms with E-state index < -0.39 is 12.7 Å². The molecule has 0 saturated carbocycles. The normalized spacial score (nSPS) is 11.7. The van der Waals surface area contributed by atoms with Crippen LogP contribution in [0.25, 0.3) is 0 Å². The zero-order valence-corrected chi connectivity index (χ0v) is 10.3. The Morgan fingerprint density at radius 3 is 2.50 bits per heavy atom. The van der Waals surface area contributed by atoms with Gasteiger partial charge in [-0.05, 0) is 5.56 Å². The summed E-state index contributed by atoms with van der Waals surface area (Å²) in [5, 5.41) is 4.99. The van der Waals surface area contributed by atoms with Crippen LogP contribution in [0.15, 0.2) is 30.3 Å². The molecule has 0 fully saturated rings. The Balaban J connectivity index is 2.66. The largest absolute Gasteiger partial charge is 0.352 e. The van der Waals surface area contributed by atoms with Crippen LogP contribution < -0.4 is 10.6 Å². The van der Waals surface area contributed by atoms with Gasteiger partial charge in [-0.25, -0.2) is 4.39 Å². The fourth-order valence-corrected chi connectivity index (χ4v) is 1.60. The van der Waals surface area contributed by atoms with Crippen molar-refractivity contribution in [2.45, 2.75) is 19.4 Å². The Morgan fingerprint density at radius 2 is 1.94 bits per heavy atom. The molecule has 2 amide bonds. The summed E-state index contributed by atoms with van der Waals surface area (Å²) in [6.07, 6.45) is 0.387.